The fourth-order valence-corrected chi connectivity index (χ4v) is 2.25. The van der Waals surface area contributed by atoms with Gasteiger partial charge < -0.3 is 10.1 Å². The summed E-state index contributed by atoms with van der Waals surface area (Å²) >= 11 is 0. The Balaban J connectivity index is 1.77. The van der Waals surface area contributed by atoms with Crippen LogP contribution in [0.15, 0.2) is 30.6 Å². The van der Waals surface area contributed by atoms with Crippen molar-refractivity contribution >= 4 is 11.6 Å². The molecular weight excluding hydrogens is 297 g/mol. The van der Waals surface area contributed by atoms with Crippen LogP contribution < -0.4 is 10.1 Å². The van der Waals surface area contributed by atoms with Crippen LogP contribution in [0.25, 0.3) is 5.78 Å². The molecule has 0 radical (unpaired) electrons. The summed E-state index contributed by atoms with van der Waals surface area (Å²) < 4.78 is 21.0. The molecule has 1 N–H and O–H groups in total. The highest BCUT2D eigenvalue weighted by Crippen LogP contribution is 2.20. The van der Waals surface area contributed by atoms with E-state index >= 15 is 0 Å². The van der Waals surface area contributed by atoms with Gasteiger partial charge in [0.25, 0.3) is 5.78 Å². The van der Waals surface area contributed by atoms with E-state index in [-0.39, 0.29) is 17.7 Å². The number of anilines is 1. The van der Waals surface area contributed by atoms with Crippen LogP contribution in [0.4, 0.5) is 10.2 Å². The summed E-state index contributed by atoms with van der Waals surface area (Å²) in [5, 5.41) is 7.35. The molecule has 1 aromatic carbocycles. The Morgan fingerprint density at radius 2 is 2.13 bits per heavy atom. The molecule has 3 rings (SSSR count). The van der Waals surface area contributed by atoms with Crippen LogP contribution in [0.1, 0.15) is 25.1 Å². The molecule has 0 amide bonds. The predicted molar refractivity (Wildman–Crippen MR) is 85.0 cm³/mol. The van der Waals surface area contributed by atoms with E-state index in [0.29, 0.717) is 12.3 Å². The van der Waals surface area contributed by atoms with Gasteiger partial charge in [-0.15, -0.1) is 0 Å². The highest BCUT2D eigenvalue weighted by molar-refractivity contribution is 5.45. The third kappa shape index (κ3) is 3.39. The quantitative estimate of drug-likeness (QED) is 0.784. The number of ether oxygens (including phenoxy) is 1. The second-order valence-corrected chi connectivity index (χ2v) is 5.54. The van der Waals surface area contributed by atoms with Crippen molar-refractivity contribution < 1.29 is 9.13 Å². The lowest BCUT2D eigenvalue weighted by atomic mass is 10.2. The zero-order valence-electron chi connectivity index (χ0n) is 13.2. The van der Waals surface area contributed by atoms with Crippen LogP contribution in [0.3, 0.4) is 0 Å². The molecule has 0 spiro atoms. The third-order valence-corrected chi connectivity index (χ3v) is 3.21. The van der Waals surface area contributed by atoms with E-state index in [1.54, 1.807) is 10.6 Å². The van der Waals surface area contributed by atoms with Gasteiger partial charge in [-0.2, -0.15) is 14.6 Å². The molecule has 0 unspecified atom stereocenters. The van der Waals surface area contributed by atoms with E-state index in [0.717, 1.165) is 17.1 Å². The predicted octanol–water partition coefficient (Wildman–Crippen LogP) is 2.97. The Morgan fingerprint density at radius 3 is 2.87 bits per heavy atom. The van der Waals surface area contributed by atoms with Crippen LogP contribution in [-0.4, -0.2) is 25.7 Å². The maximum absolute atomic E-state index is 14.0. The first-order valence-corrected chi connectivity index (χ1v) is 7.39. The molecule has 0 aliphatic heterocycles. The van der Waals surface area contributed by atoms with E-state index < -0.39 is 0 Å². The molecule has 0 aliphatic rings. The summed E-state index contributed by atoms with van der Waals surface area (Å²) in [4.78, 5) is 8.35. The maximum atomic E-state index is 14.0. The zero-order chi connectivity index (χ0) is 16.4. The van der Waals surface area contributed by atoms with Crippen LogP contribution in [0.5, 0.6) is 5.75 Å². The maximum Gasteiger partial charge on any atom is 0.254 e. The Hall–Kier alpha value is -2.70. The number of hydrogen-bond donors (Lipinski definition) is 1. The van der Waals surface area contributed by atoms with Gasteiger partial charge in [0.1, 0.15) is 12.1 Å². The summed E-state index contributed by atoms with van der Waals surface area (Å²) in [6.45, 7) is 6.07. The smallest absolute Gasteiger partial charge is 0.254 e. The standard InChI is InChI=1S/C16H18FN5O/c1-10(2)23-14-5-4-12(7-13(14)17)8-18-15-6-11(3)21-16-19-9-20-22(15)16/h4-7,9-10,18H,8H2,1-3H3. The van der Waals surface area contributed by atoms with Gasteiger partial charge in [-0.05, 0) is 38.5 Å². The van der Waals surface area contributed by atoms with Crippen molar-refractivity contribution in [3.63, 3.8) is 0 Å². The van der Waals surface area contributed by atoms with Gasteiger partial charge in [0, 0.05) is 18.3 Å². The summed E-state index contributed by atoms with van der Waals surface area (Å²) in [6, 6.07) is 6.82. The highest BCUT2D eigenvalue weighted by atomic mass is 19.1. The third-order valence-electron chi connectivity index (χ3n) is 3.21. The molecule has 0 atom stereocenters. The molecule has 0 fully saturated rings. The van der Waals surface area contributed by atoms with E-state index in [4.69, 9.17) is 4.74 Å². The van der Waals surface area contributed by atoms with Gasteiger partial charge in [-0.1, -0.05) is 6.07 Å². The van der Waals surface area contributed by atoms with Crippen molar-refractivity contribution in [2.45, 2.75) is 33.4 Å². The molecule has 120 valence electrons. The molecule has 0 bridgehead atoms. The SMILES string of the molecule is Cc1cc(NCc2ccc(OC(C)C)c(F)c2)n2ncnc2n1. The molecule has 0 aliphatic carbocycles. The van der Waals surface area contributed by atoms with Crippen molar-refractivity contribution in [1.29, 1.82) is 0 Å². The first kappa shape index (κ1) is 15.2. The average Bonchev–Trinajstić information content (AvgIpc) is 2.95. The first-order valence-electron chi connectivity index (χ1n) is 7.39. The number of halogens is 1. The number of benzene rings is 1. The second kappa shape index (κ2) is 6.20. The minimum Gasteiger partial charge on any atom is -0.488 e. The Kier molecular flexibility index (Phi) is 4.10. The Bertz CT molecular complexity index is 830. The second-order valence-electron chi connectivity index (χ2n) is 5.54. The molecule has 23 heavy (non-hydrogen) atoms. The van der Waals surface area contributed by atoms with Gasteiger partial charge in [-0.3, -0.25) is 0 Å². The summed E-state index contributed by atoms with van der Waals surface area (Å²) in [7, 11) is 0. The number of nitrogens with zero attached hydrogens (tertiary/aromatic N) is 4. The number of nitrogens with one attached hydrogen (secondary N) is 1. The van der Waals surface area contributed by atoms with Crippen molar-refractivity contribution in [1.82, 2.24) is 19.6 Å². The van der Waals surface area contributed by atoms with Gasteiger partial charge in [0.2, 0.25) is 0 Å². The van der Waals surface area contributed by atoms with Gasteiger partial charge in [0.05, 0.1) is 6.10 Å². The van der Waals surface area contributed by atoms with Crippen molar-refractivity contribution in [2.24, 2.45) is 0 Å². The number of rotatable bonds is 5. The fourth-order valence-electron chi connectivity index (χ4n) is 2.25. The lowest BCUT2D eigenvalue weighted by Gasteiger charge is -2.12. The van der Waals surface area contributed by atoms with E-state index in [1.807, 2.05) is 32.9 Å². The van der Waals surface area contributed by atoms with Gasteiger partial charge >= 0.3 is 0 Å². The molecule has 2 heterocycles. The van der Waals surface area contributed by atoms with E-state index in [9.17, 15) is 4.39 Å². The van der Waals surface area contributed by atoms with Gasteiger partial charge in [-0.25, -0.2) is 9.37 Å². The molecular formula is C16H18FN5O. The largest absolute Gasteiger partial charge is 0.488 e. The van der Waals surface area contributed by atoms with E-state index in [2.05, 4.69) is 20.4 Å². The van der Waals surface area contributed by atoms with Gasteiger partial charge in [0.15, 0.2) is 11.6 Å². The normalized spacial score (nSPS) is 11.2. The van der Waals surface area contributed by atoms with E-state index in [1.165, 1.54) is 12.4 Å². The molecule has 6 nitrogen and oxygen atoms in total. The lowest BCUT2D eigenvalue weighted by molar-refractivity contribution is 0.231. The highest BCUT2D eigenvalue weighted by Gasteiger charge is 2.08. The summed E-state index contributed by atoms with van der Waals surface area (Å²) in [5.41, 5.74) is 1.64. The summed E-state index contributed by atoms with van der Waals surface area (Å²) in [5.74, 6) is 1.18. The van der Waals surface area contributed by atoms with Crippen molar-refractivity contribution in [3.05, 3.63) is 47.7 Å². The molecule has 2 aromatic heterocycles. The minimum absolute atomic E-state index is 0.0612. The van der Waals surface area contributed by atoms with Crippen molar-refractivity contribution in [3.8, 4) is 5.75 Å². The topological polar surface area (TPSA) is 64.3 Å². The molecule has 0 saturated heterocycles. The van der Waals surface area contributed by atoms with Crippen molar-refractivity contribution in [2.75, 3.05) is 5.32 Å². The Morgan fingerprint density at radius 1 is 1.30 bits per heavy atom. The zero-order valence-corrected chi connectivity index (χ0v) is 13.2. The number of hydrogen-bond acceptors (Lipinski definition) is 5. The summed E-state index contributed by atoms with van der Waals surface area (Å²) in [6.07, 6.45) is 1.39. The van der Waals surface area contributed by atoms with Crippen LogP contribution in [0.2, 0.25) is 0 Å². The number of aromatic nitrogens is 4. The van der Waals surface area contributed by atoms with Crippen LogP contribution in [-0.2, 0) is 6.54 Å². The van der Waals surface area contributed by atoms with Crippen LogP contribution >= 0.6 is 0 Å². The monoisotopic (exact) mass is 315 g/mol. The number of fused-ring (bicyclic) bond motifs is 1. The number of aryl methyl sites for hydroxylation is 1. The average molecular weight is 315 g/mol. The molecule has 0 saturated carbocycles. The molecule has 3 aromatic rings. The van der Waals surface area contributed by atoms with Crippen LogP contribution in [0, 0.1) is 12.7 Å². The lowest BCUT2D eigenvalue weighted by Crippen LogP contribution is -2.09. The Labute approximate surface area is 133 Å². The first-order chi connectivity index (χ1) is 11.0. The molecule has 7 heteroatoms. The fraction of sp³-hybridized carbons (Fsp3) is 0.312. The minimum atomic E-state index is -0.366.